The lowest BCUT2D eigenvalue weighted by Crippen LogP contribution is -2.57. The van der Waals surface area contributed by atoms with E-state index in [2.05, 4.69) is 11.8 Å². The van der Waals surface area contributed by atoms with E-state index in [0.29, 0.717) is 12.1 Å². The van der Waals surface area contributed by atoms with Crippen LogP contribution in [0.25, 0.3) is 0 Å². The van der Waals surface area contributed by atoms with Crippen molar-refractivity contribution in [3.63, 3.8) is 0 Å². The van der Waals surface area contributed by atoms with Gasteiger partial charge in [-0.3, -0.25) is 4.90 Å². The molecule has 5 heteroatoms. The minimum Gasteiger partial charge on any atom is -0.444 e. The molecule has 0 saturated carbocycles. The van der Waals surface area contributed by atoms with Gasteiger partial charge in [0.1, 0.15) is 5.60 Å². The lowest BCUT2D eigenvalue weighted by molar-refractivity contribution is -0.00280. The van der Waals surface area contributed by atoms with Gasteiger partial charge in [-0.15, -0.1) is 0 Å². The summed E-state index contributed by atoms with van der Waals surface area (Å²) in [6, 6.07) is 0.892. The van der Waals surface area contributed by atoms with Crippen molar-refractivity contribution in [1.29, 1.82) is 0 Å². The second-order valence-electron chi connectivity index (χ2n) is 6.53. The van der Waals surface area contributed by atoms with Crippen molar-refractivity contribution in [1.82, 2.24) is 9.80 Å². The Morgan fingerprint density at radius 2 is 2.05 bits per heavy atom. The number of carbonyl (C=O) groups is 1. The van der Waals surface area contributed by atoms with Gasteiger partial charge >= 0.3 is 6.09 Å². The number of piperazine rings is 1. The van der Waals surface area contributed by atoms with Crippen LogP contribution in [0.4, 0.5) is 4.79 Å². The molecular formula is C14H26N2O3. The van der Waals surface area contributed by atoms with Gasteiger partial charge in [0, 0.05) is 38.3 Å². The number of nitrogens with zero attached hydrogens (tertiary/aromatic N) is 2. The van der Waals surface area contributed by atoms with Crippen molar-refractivity contribution in [2.45, 2.75) is 51.8 Å². The van der Waals surface area contributed by atoms with Crippen LogP contribution in [0.15, 0.2) is 0 Å². The molecule has 0 bridgehead atoms. The maximum atomic E-state index is 12.0. The Balaban J connectivity index is 1.87. The lowest BCUT2D eigenvalue weighted by Gasteiger charge is -2.42. The van der Waals surface area contributed by atoms with Crippen molar-refractivity contribution < 1.29 is 14.3 Å². The zero-order chi connectivity index (χ0) is 14.0. The van der Waals surface area contributed by atoms with Gasteiger partial charge in [0.15, 0.2) is 0 Å². The maximum absolute atomic E-state index is 12.0. The Morgan fingerprint density at radius 1 is 1.32 bits per heavy atom. The van der Waals surface area contributed by atoms with Crippen molar-refractivity contribution in [3.8, 4) is 0 Å². The van der Waals surface area contributed by atoms with E-state index in [0.717, 1.165) is 39.3 Å². The molecule has 0 radical (unpaired) electrons. The van der Waals surface area contributed by atoms with Crippen molar-refractivity contribution >= 4 is 6.09 Å². The third kappa shape index (κ3) is 3.83. The van der Waals surface area contributed by atoms with Crippen LogP contribution in [-0.2, 0) is 9.47 Å². The quantitative estimate of drug-likeness (QED) is 0.727. The molecule has 2 fully saturated rings. The zero-order valence-electron chi connectivity index (χ0n) is 12.5. The summed E-state index contributed by atoms with van der Waals surface area (Å²) < 4.78 is 10.9. The molecule has 0 aromatic rings. The molecule has 0 unspecified atom stereocenters. The number of amides is 1. The predicted octanol–water partition coefficient (Wildman–Crippen LogP) is 1.72. The Morgan fingerprint density at radius 3 is 2.58 bits per heavy atom. The molecule has 2 aliphatic rings. The van der Waals surface area contributed by atoms with Crippen LogP contribution in [0, 0.1) is 0 Å². The molecule has 1 amide bonds. The van der Waals surface area contributed by atoms with E-state index in [4.69, 9.17) is 9.47 Å². The minimum atomic E-state index is -0.420. The summed E-state index contributed by atoms with van der Waals surface area (Å²) in [5, 5.41) is 0. The van der Waals surface area contributed by atoms with E-state index < -0.39 is 5.60 Å². The molecule has 2 heterocycles. The third-order valence-electron chi connectivity index (χ3n) is 3.71. The smallest absolute Gasteiger partial charge is 0.410 e. The highest BCUT2D eigenvalue weighted by Crippen LogP contribution is 2.20. The molecular weight excluding hydrogens is 244 g/mol. The minimum absolute atomic E-state index is 0.193. The molecule has 2 atom stereocenters. The molecule has 0 N–H and O–H groups in total. The summed E-state index contributed by atoms with van der Waals surface area (Å²) in [6.07, 6.45) is 0.915. The molecule has 19 heavy (non-hydrogen) atoms. The van der Waals surface area contributed by atoms with E-state index in [9.17, 15) is 4.79 Å². The van der Waals surface area contributed by atoms with Gasteiger partial charge in [0.2, 0.25) is 0 Å². The standard InChI is InChI=1S/C14H26N2O3/c1-11-9-15(13(17)19-14(2,3)4)6-7-16(11)12-5-8-18-10-12/h11-12H,5-10H2,1-4H3/t11-,12-/m0/s1. The average molecular weight is 270 g/mol. The van der Waals surface area contributed by atoms with Crippen molar-refractivity contribution in [2.75, 3.05) is 32.8 Å². The topological polar surface area (TPSA) is 42.0 Å². The first-order valence-corrected chi connectivity index (χ1v) is 7.18. The monoisotopic (exact) mass is 270 g/mol. The van der Waals surface area contributed by atoms with Crippen molar-refractivity contribution in [2.24, 2.45) is 0 Å². The predicted molar refractivity (Wildman–Crippen MR) is 73.2 cm³/mol. The molecule has 0 aliphatic carbocycles. The number of hydrogen-bond acceptors (Lipinski definition) is 4. The average Bonchev–Trinajstić information content (AvgIpc) is 2.79. The fourth-order valence-electron chi connectivity index (χ4n) is 2.79. The van der Waals surface area contributed by atoms with Gasteiger partial charge in [0.25, 0.3) is 0 Å². The molecule has 2 aliphatic heterocycles. The van der Waals surface area contributed by atoms with Crippen LogP contribution in [0.2, 0.25) is 0 Å². The first kappa shape index (κ1) is 14.6. The number of carbonyl (C=O) groups excluding carboxylic acids is 1. The van der Waals surface area contributed by atoms with Crippen LogP contribution in [0.1, 0.15) is 34.1 Å². The molecule has 2 rings (SSSR count). The Hall–Kier alpha value is -0.810. The van der Waals surface area contributed by atoms with Gasteiger partial charge in [-0.25, -0.2) is 4.79 Å². The Labute approximate surface area is 115 Å². The highest BCUT2D eigenvalue weighted by molar-refractivity contribution is 5.68. The third-order valence-corrected chi connectivity index (χ3v) is 3.71. The Kier molecular flexibility index (Phi) is 4.36. The summed E-state index contributed by atoms with van der Waals surface area (Å²) in [4.78, 5) is 16.3. The number of ether oxygens (including phenoxy) is 2. The number of hydrogen-bond donors (Lipinski definition) is 0. The van der Waals surface area contributed by atoms with E-state index in [1.54, 1.807) is 0 Å². The largest absolute Gasteiger partial charge is 0.444 e. The highest BCUT2D eigenvalue weighted by atomic mass is 16.6. The fourth-order valence-corrected chi connectivity index (χ4v) is 2.79. The first-order chi connectivity index (χ1) is 8.87. The van der Waals surface area contributed by atoms with Crippen molar-refractivity contribution in [3.05, 3.63) is 0 Å². The van der Waals surface area contributed by atoms with Gasteiger partial charge in [0.05, 0.1) is 6.61 Å². The zero-order valence-corrected chi connectivity index (χ0v) is 12.5. The van der Waals surface area contributed by atoms with E-state index in [-0.39, 0.29) is 6.09 Å². The van der Waals surface area contributed by atoms with Crippen LogP contribution in [0.5, 0.6) is 0 Å². The first-order valence-electron chi connectivity index (χ1n) is 7.18. The molecule has 0 aromatic heterocycles. The summed E-state index contributed by atoms with van der Waals surface area (Å²) in [7, 11) is 0. The summed E-state index contributed by atoms with van der Waals surface area (Å²) in [5.41, 5.74) is -0.420. The van der Waals surface area contributed by atoms with Gasteiger partial charge < -0.3 is 14.4 Å². The fraction of sp³-hybridized carbons (Fsp3) is 0.929. The lowest BCUT2D eigenvalue weighted by atomic mass is 10.1. The summed E-state index contributed by atoms with van der Waals surface area (Å²) >= 11 is 0. The SMILES string of the molecule is C[C@H]1CN(C(=O)OC(C)(C)C)CCN1[C@H]1CCOC1. The van der Waals surface area contributed by atoms with E-state index in [1.165, 1.54) is 0 Å². The second kappa shape index (κ2) is 5.67. The van der Waals surface area contributed by atoms with Crippen LogP contribution in [-0.4, -0.2) is 66.4 Å². The molecule has 0 aromatic carbocycles. The van der Waals surface area contributed by atoms with Gasteiger partial charge in [-0.1, -0.05) is 0 Å². The summed E-state index contributed by atoms with van der Waals surface area (Å²) in [5.74, 6) is 0. The van der Waals surface area contributed by atoms with Crippen LogP contribution < -0.4 is 0 Å². The highest BCUT2D eigenvalue weighted by Gasteiger charge is 2.34. The normalized spacial score (nSPS) is 29.6. The van der Waals surface area contributed by atoms with Gasteiger partial charge in [-0.05, 0) is 34.1 Å². The van der Waals surface area contributed by atoms with Crippen LogP contribution >= 0.6 is 0 Å². The summed E-state index contributed by atoms with van der Waals surface area (Å²) in [6.45, 7) is 12.0. The Bertz CT molecular complexity index is 321. The van der Waals surface area contributed by atoms with Gasteiger partial charge in [-0.2, -0.15) is 0 Å². The molecule has 5 nitrogen and oxygen atoms in total. The molecule has 2 saturated heterocycles. The molecule has 110 valence electrons. The van der Waals surface area contributed by atoms with Crippen LogP contribution in [0.3, 0.4) is 0 Å². The van der Waals surface area contributed by atoms with E-state index in [1.807, 2.05) is 25.7 Å². The molecule has 0 spiro atoms. The maximum Gasteiger partial charge on any atom is 0.410 e. The number of rotatable bonds is 1. The van der Waals surface area contributed by atoms with E-state index >= 15 is 0 Å². The second-order valence-corrected chi connectivity index (χ2v) is 6.53.